The molecule has 0 aliphatic heterocycles. The lowest BCUT2D eigenvalue weighted by molar-refractivity contribution is 0.0540. The van der Waals surface area contributed by atoms with Crippen LogP contribution >= 0.6 is 0 Å². The standard InChI is InChI=1S/C17H35N5O3Si3/c1-26(2,3)21-17-19-15-14(16(20-17)25-28(7,8)9)18-12-22(15)13-23-10-11-24-27(4,5)6/h12H,10-11,13H2,1-9H3,(H,19,20,21). The van der Waals surface area contributed by atoms with Gasteiger partial charge in [0.05, 0.1) is 19.5 Å². The van der Waals surface area contributed by atoms with Gasteiger partial charge in [0.25, 0.3) is 0 Å². The third-order valence-electron chi connectivity index (χ3n) is 3.31. The first-order valence-electron chi connectivity index (χ1n) is 9.65. The van der Waals surface area contributed by atoms with Gasteiger partial charge in [-0.25, -0.2) is 4.98 Å². The largest absolute Gasteiger partial charge is 0.530 e. The lowest BCUT2D eigenvalue weighted by Gasteiger charge is -2.21. The molecule has 11 heteroatoms. The Balaban J connectivity index is 2.22. The fourth-order valence-corrected chi connectivity index (χ4v) is 4.54. The van der Waals surface area contributed by atoms with Crippen LogP contribution in [-0.4, -0.2) is 57.6 Å². The normalized spacial score (nSPS) is 13.2. The fraction of sp³-hybridized carbons (Fsp3) is 0.706. The number of anilines is 1. The highest BCUT2D eigenvalue weighted by molar-refractivity contribution is 6.79. The van der Waals surface area contributed by atoms with E-state index in [-0.39, 0.29) is 0 Å². The van der Waals surface area contributed by atoms with Crippen LogP contribution in [-0.2, 0) is 15.9 Å². The van der Waals surface area contributed by atoms with Gasteiger partial charge in [0.2, 0.25) is 20.1 Å². The van der Waals surface area contributed by atoms with Crippen molar-refractivity contribution in [2.24, 2.45) is 0 Å². The van der Waals surface area contributed by atoms with E-state index in [0.29, 0.717) is 37.3 Å². The van der Waals surface area contributed by atoms with E-state index in [0.717, 1.165) is 5.65 Å². The fourth-order valence-electron chi connectivity index (χ4n) is 2.34. The quantitative estimate of drug-likeness (QED) is 0.439. The summed E-state index contributed by atoms with van der Waals surface area (Å²) in [7, 11) is -4.97. The van der Waals surface area contributed by atoms with Crippen molar-refractivity contribution in [3.8, 4) is 5.88 Å². The van der Waals surface area contributed by atoms with Gasteiger partial charge in [0.1, 0.15) is 15.0 Å². The number of rotatable bonds is 10. The topological polar surface area (TPSA) is 83.3 Å². The first-order chi connectivity index (χ1) is 12.7. The maximum atomic E-state index is 6.20. The second-order valence-electron chi connectivity index (χ2n) is 9.83. The summed E-state index contributed by atoms with van der Waals surface area (Å²) in [5.74, 6) is 1.13. The second kappa shape index (κ2) is 8.61. The van der Waals surface area contributed by atoms with Gasteiger partial charge in [-0.2, -0.15) is 9.97 Å². The summed E-state index contributed by atoms with van der Waals surface area (Å²) >= 11 is 0. The van der Waals surface area contributed by atoms with Crippen LogP contribution in [0.15, 0.2) is 6.33 Å². The van der Waals surface area contributed by atoms with Crippen molar-refractivity contribution in [1.29, 1.82) is 0 Å². The highest BCUT2D eigenvalue weighted by atomic mass is 28.4. The highest BCUT2D eigenvalue weighted by Crippen LogP contribution is 2.26. The summed E-state index contributed by atoms with van der Waals surface area (Å²) in [6.07, 6.45) is 1.73. The molecule has 0 radical (unpaired) electrons. The molecule has 0 fully saturated rings. The molecule has 0 bridgehead atoms. The molecule has 0 saturated carbocycles. The van der Waals surface area contributed by atoms with Gasteiger partial charge < -0.3 is 18.6 Å². The third-order valence-corrected chi connectivity index (χ3v) is 6.16. The number of fused-ring (bicyclic) bond motifs is 1. The van der Waals surface area contributed by atoms with Crippen LogP contribution in [0.1, 0.15) is 0 Å². The summed E-state index contributed by atoms with van der Waals surface area (Å²) in [6.45, 7) is 21.0. The molecule has 2 heterocycles. The van der Waals surface area contributed by atoms with Crippen LogP contribution in [0.2, 0.25) is 58.9 Å². The molecule has 1 N–H and O–H groups in total. The summed E-state index contributed by atoms with van der Waals surface area (Å²) in [5.41, 5.74) is 1.39. The molecule has 0 saturated heterocycles. The summed E-state index contributed by atoms with van der Waals surface area (Å²) < 4.78 is 19.7. The molecule has 0 aliphatic carbocycles. The van der Waals surface area contributed by atoms with E-state index >= 15 is 0 Å². The lowest BCUT2D eigenvalue weighted by atomic mass is 10.5. The Morgan fingerprint density at radius 1 is 0.929 bits per heavy atom. The molecule has 0 unspecified atom stereocenters. The minimum absolute atomic E-state index is 0.362. The molecule has 2 aromatic rings. The first-order valence-corrected chi connectivity index (χ1v) is 20.0. The van der Waals surface area contributed by atoms with E-state index in [1.54, 1.807) is 6.33 Å². The molecule has 2 rings (SSSR count). The number of ether oxygens (including phenoxy) is 1. The summed E-state index contributed by atoms with van der Waals surface area (Å²) in [5, 5.41) is 0. The zero-order valence-electron chi connectivity index (χ0n) is 18.7. The molecule has 0 spiro atoms. The van der Waals surface area contributed by atoms with Crippen molar-refractivity contribution in [3.63, 3.8) is 0 Å². The Morgan fingerprint density at radius 2 is 1.61 bits per heavy atom. The average molecular weight is 442 g/mol. The lowest BCUT2D eigenvalue weighted by Crippen LogP contribution is -2.34. The Kier molecular flexibility index (Phi) is 7.08. The minimum Gasteiger partial charge on any atom is -0.530 e. The zero-order valence-corrected chi connectivity index (χ0v) is 21.7. The summed E-state index contributed by atoms with van der Waals surface area (Å²) in [6, 6.07) is 0. The van der Waals surface area contributed by atoms with Crippen LogP contribution in [0.25, 0.3) is 11.2 Å². The number of nitrogens with zero attached hydrogens (tertiary/aromatic N) is 4. The van der Waals surface area contributed by atoms with Gasteiger partial charge in [0.15, 0.2) is 19.5 Å². The predicted molar refractivity (Wildman–Crippen MR) is 122 cm³/mol. The third kappa shape index (κ3) is 7.62. The Hall–Kier alpha value is -1.28. The number of aromatic nitrogens is 4. The van der Waals surface area contributed by atoms with Gasteiger partial charge in [-0.05, 0) is 39.3 Å². The molecule has 0 aromatic carbocycles. The van der Waals surface area contributed by atoms with Crippen LogP contribution in [0.3, 0.4) is 0 Å². The van der Waals surface area contributed by atoms with Gasteiger partial charge in [-0.1, -0.05) is 19.6 Å². The van der Waals surface area contributed by atoms with Crippen molar-refractivity contribution >= 4 is 42.0 Å². The van der Waals surface area contributed by atoms with Gasteiger partial charge >= 0.3 is 0 Å². The highest BCUT2D eigenvalue weighted by Gasteiger charge is 2.24. The average Bonchev–Trinajstić information content (AvgIpc) is 2.86. The van der Waals surface area contributed by atoms with Crippen LogP contribution in [0.4, 0.5) is 5.95 Å². The molecule has 0 aliphatic rings. The molecule has 28 heavy (non-hydrogen) atoms. The molecular weight excluding hydrogens is 406 g/mol. The van der Waals surface area contributed by atoms with Crippen molar-refractivity contribution in [2.45, 2.75) is 65.7 Å². The predicted octanol–water partition coefficient (Wildman–Crippen LogP) is 4.11. The van der Waals surface area contributed by atoms with E-state index < -0.39 is 24.9 Å². The minimum atomic E-state index is -1.84. The van der Waals surface area contributed by atoms with Gasteiger partial charge in [-0.15, -0.1) is 0 Å². The first kappa shape index (κ1) is 23.0. The SMILES string of the molecule is C[Si](C)(C)Nc1nc(O[Si](C)(C)C)c2ncn(COCCO[Si](C)(C)C)c2n1. The van der Waals surface area contributed by atoms with E-state index in [9.17, 15) is 0 Å². The molecule has 158 valence electrons. The number of nitrogens with one attached hydrogen (secondary N) is 1. The smallest absolute Gasteiger partial charge is 0.244 e. The Labute approximate surface area is 171 Å². The molecule has 0 amide bonds. The maximum absolute atomic E-state index is 6.20. The van der Waals surface area contributed by atoms with E-state index in [2.05, 4.69) is 73.9 Å². The zero-order chi connectivity index (χ0) is 21.2. The van der Waals surface area contributed by atoms with Crippen molar-refractivity contribution in [3.05, 3.63) is 6.33 Å². The van der Waals surface area contributed by atoms with Crippen LogP contribution in [0, 0.1) is 0 Å². The van der Waals surface area contributed by atoms with Gasteiger partial charge in [-0.3, -0.25) is 4.57 Å². The van der Waals surface area contributed by atoms with Crippen molar-refractivity contribution in [2.75, 3.05) is 18.2 Å². The molecule has 2 aromatic heterocycles. The number of imidazole rings is 1. The van der Waals surface area contributed by atoms with E-state index in [4.69, 9.17) is 18.6 Å². The van der Waals surface area contributed by atoms with E-state index in [1.165, 1.54) is 0 Å². The Morgan fingerprint density at radius 3 is 2.18 bits per heavy atom. The molecule has 8 nitrogen and oxygen atoms in total. The van der Waals surface area contributed by atoms with Crippen molar-refractivity contribution in [1.82, 2.24) is 19.5 Å². The molecular formula is C17H35N5O3Si3. The summed E-state index contributed by atoms with van der Waals surface area (Å²) in [4.78, 5) is 17.3. The monoisotopic (exact) mass is 441 g/mol. The van der Waals surface area contributed by atoms with Crippen molar-refractivity contribution < 1.29 is 13.6 Å². The number of hydrogen-bond donors (Lipinski definition) is 1. The maximum Gasteiger partial charge on any atom is 0.244 e. The Bertz CT molecular complexity index is 794. The van der Waals surface area contributed by atoms with E-state index in [1.807, 2.05) is 4.57 Å². The molecule has 0 atom stereocenters. The number of hydrogen-bond acceptors (Lipinski definition) is 7. The second-order valence-corrected chi connectivity index (χ2v) is 23.5. The van der Waals surface area contributed by atoms with Gasteiger partial charge in [0, 0.05) is 0 Å². The van der Waals surface area contributed by atoms with Crippen LogP contribution < -0.4 is 9.41 Å². The van der Waals surface area contributed by atoms with Crippen LogP contribution in [0.5, 0.6) is 5.88 Å².